The highest BCUT2D eigenvalue weighted by molar-refractivity contribution is 9.10. The van der Waals surface area contributed by atoms with Crippen molar-refractivity contribution in [3.8, 4) is 0 Å². The van der Waals surface area contributed by atoms with Gasteiger partial charge >= 0.3 is 0 Å². The van der Waals surface area contributed by atoms with E-state index in [9.17, 15) is 9.59 Å². The fourth-order valence-electron chi connectivity index (χ4n) is 2.41. The second-order valence-electron chi connectivity index (χ2n) is 6.58. The highest BCUT2D eigenvalue weighted by Crippen LogP contribution is 2.25. The fraction of sp³-hybridized carbons (Fsp3) is 0.389. The summed E-state index contributed by atoms with van der Waals surface area (Å²) in [5.41, 5.74) is 2.81. The van der Waals surface area contributed by atoms with Crippen LogP contribution in [-0.2, 0) is 6.54 Å². The molecule has 3 N–H and O–H groups in total. The van der Waals surface area contributed by atoms with Crippen LogP contribution in [-0.4, -0.2) is 28.1 Å². The average molecular weight is 405 g/mol. The van der Waals surface area contributed by atoms with Gasteiger partial charge in [-0.2, -0.15) is 5.10 Å². The number of benzene rings is 1. The van der Waals surface area contributed by atoms with E-state index >= 15 is 0 Å². The Bertz CT molecular complexity index is 779. The number of carbonyl (C=O) groups excluding carboxylic acids is 2. The molecule has 7 heteroatoms. The maximum atomic E-state index is 12.3. The van der Waals surface area contributed by atoms with E-state index in [0.29, 0.717) is 28.3 Å². The van der Waals surface area contributed by atoms with Gasteiger partial charge in [0.1, 0.15) is 0 Å². The predicted molar refractivity (Wildman–Crippen MR) is 98.5 cm³/mol. The molecule has 0 radical (unpaired) electrons. The zero-order valence-electron chi connectivity index (χ0n) is 14.2. The van der Waals surface area contributed by atoms with E-state index in [2.05, 4.69) is 36.8 Å². The van der Waals surface area contributed by atoms with Gasteiger partial charge in [0.05, 0.1) is 10.2 Å². The van der Waals surface area contributed by atoms with Gasteiger partial charge in [-0.25, -0.2) is 0 Å². The molecule has 0 unspecified atom stereocenters. The monoisotopic (exact) mass is 404 g/mol. The zero-order valence-corrected chi connectivity index (χ0v) is 15.8. The van der Waals surface area contributed by atoms with E-state index in [1.165, 1.54) is 0 Å². The molecule has 25 heavy (non-hydrogen) atoms. The molecule has 1 aliphatic carbocycles. The van der Waals surface area contributed by atoms with Crippen LogP contribution in [0.25, 0.3) is 0 Å². The molecule has 3 rings (SSSR count). The molecule has 2 amide bonds. The Morgan fingerprint density at radius 1 is 1.24 bits per heavy atom. The molecule has 1 aromatic heterocycles. The summed E-state index contributed by atoms with van der Waals surface area (Å²) in [6, 6.07) is 7.60. The molecule has 1 heterocycles. The molecule has 0 atom stereocenters. The zero-order chi connectivity index (χ0) is 18.0. The molecule has 132 valence electrons. The van der Waals surface area contributed by atoms with Crippen molar-refractivity contribution in [2.45, 2.75) is 45.2 Å². The third kappa shape index (κ3) is 4.28. The third-order valence-electron chi connectivity index (χ3n) is 4.11. The number of nitrogens with zero attached hydrogens (tertiary/aromatic N) is 1. The number of H-pyrrole nitrogens is 1. The Balaban J connectivity index is 1.57. The Morgan fingerprint density at radius 2 is 1.92 bits per heavy atom. The van der Waals surface area contributed by atoms with Crippen molar-refractivity contribution in [3.05, 3.63) is 51.3 Å². The van der Waals surface area contributed by atoms with E-state index in [4.69, 9.17) is 0 Å². The number of hydrogen-bond donors (Lipinski definition) is 3. The summed E-state index contributed by atoms with van der Waals surface area (Å²) in [5, 5.41) is 12.8. The lowest BCUT2D eigenvalue weighted by molar-refractivity contribution is 0.0938. The van der Waals surface area contributed by atoms with Crippen LogP contribution in [0.1, 0.15) is 64.7 Å². The second kappa shape index (κ2) is 7.39. The lowest BCUT2D eigenvalue weighted by Crippen LogP contribution is -2.25. The third-order valence-corrected chi connectivity index (χ3v) is 4.91. The van der Waals surface area contributed by atoms with Gasteiger partial charge in [-0.05, 0) is 52.4 Å². The number of rotatable bonds is 6. The number of hydrogen-bond acceptors (Lipinski definition) is 3. The van der Waals surface area contributed by atoms with Crippen molar-refractivity contribution in [1.29, 1.82) is 0 Å². The van der Waals surface area contributed by atoms with Gasteiger partial charge in [0.25, 0.3) is 11.8 Å². The summed E-state index contributed by atoms with van der Waals surface area (Å²) < 4.78 is 0.701. The van der Waals surface area contributed by atoms with E-state index in [0.717, 1.165) is 24.1 Å². The molecule has 0 aliphatic heterocycles. The molecular formula is C18H21BrN4O2. The van der Waals surface area contributed by atoms with Gasteiger partial charge in [-0.1, -0.05) is 26.0 Å². The first-order valence-corrected chi connectivity index (χ1v) is 9.16. The minimum atomic E-state index is -0.245. The number of aromatic nitrogens is 2. The summed E-state index contributed by atoms with van der Waals surface area (Å²) in [7, 11) is 0. The highest BCUT2D eigenvalue weighted by Gasteiger charge is 2.23. The van der Waals surface area contributed by atoms with Crippen molar-refractivity contribution >= 4 is 27.7 Å². The van der Waals surface area contributed by atoms with Crippen molar-refractivity contribution in [1.82, 2.24) is 20.8 Å². The smallest absolute Gasteiger partial charge is 0.273 e. The summed E-state index contributed by atoms with van der Waals surface area (Å²) in [6.45, 7) is 4.43. The Hall–Kier alpha value is -2.15. The largest absolute Gasteiger partial charge is 0.349 e. The van der Waals surface area contributed by atoms with Gasteiger partial charge in [-0.15, -0.1) is 0 Å². The lowest BCUT2D eigenvalue weighted by atomic mass is 10.1. The summed E-state index contributed by atoms with van der Waals surface area (Å²) in [6.07, 6.45) is 2.13. The van der Waals surface area contributed by atoms with E-state index in [1.807, 2.05) is 26.0 Å². The maximum Gasteiger partial charge on any atom is 0.273 e. The molecule has 1 saturated carbocycles. The minimum Gasteiger partial charge on any atom is -0.349 e. The minimum absolute atomic E-state index is 0.0419. The van der Waals surface area contributed by atoms with Crippen LogP contribution in [0, 0.1) is 0 Å². The summed E-state index contributed by atoms with van der Waals surface area (Å²) >= 11 is 3.43. The van der Waals surface area contributed by atoms with Crippen molar-refractivity contribution in [2.75, 3.05) is 0 Å². The Morgan fingerprint density at radius 3 is 2.48 bits per heavy atom. The molecule has 0 spiro atoms. The molecule has 1 aliphatic rings. The normalized spacial score (nSPS) is 13.8. The SMILES string of the molecule is CC(C)c1[nH]nc(C(=O)NCc2ccc(C(=O)NC3CC3)cc2)c1Br. The number of nitrogens with one attached hydrogen (secondary N) is 3. The molecule has 0 bridgehead atoms. The predicted octanol–water partition coefficient (Wildman–Crippen LogP) is 3.12. The number of amides is 2. The lowest BCUT2D eigenvalue weighted by Gasteiger charge is -2.07. The molecular weight excluding hydrogens is 384 g/mol. The number of aromatic amines is 1. The van der Waals surface area contributed by atoms with Gasteiger partial charge in [0, 0.05) is 18.2 Å². The van der Waals surface area contributed by atoms with Crippen LogP contribution in [0.2, 0.25) is 0 Å². The first-order valence-electron chi connectivity index (χ1n) is 8.37. The van der Waals surface area contributed by atoms with E-state index < -0.39 is 0 Å². The first kappa shape index (κ1) is 17.7. The second-order valence-corrected chi connectivity index (χ2v) is 7.37. The molecule has 6 nitrogen and oxygen atoms in total. The van der Waals surface area contributed by atoms with Gasteiger partial charge in [0.2, 0.25) is 0 Å². The van der Waals surface area contributed by atoms with Gasteiger partial charge < -0.3 is 10.6 Å². The average Bonchev–Trinajstić information content (AvgIpc) is 3.32. The van der Waals surface area contributed by atoms with Crippen molar-refractivity contribution in [2.24, 2.45) is 0 Å². The van der Waals surface area contributed by atoms with Crippen LogP contribution in [0.5, 0.6) is 0 Å². The van der Waals surface area contributed by atoms with Crippen LogP contribution >= 0.6 is 15.9 Å². The van der Waals surface area contributed by atoms with Crippen molar-refractivity contribution < 1.29 is 9.59 Å². The van der Waals surface area contributed by atoms with Gasteiger partial charge in [-0.3, -0.25) is 14.7 Å². The van der Waals surface area contributed by atoms with Crippen LogP contribution in [0.4, 0.5) is 0 Å². The van der Waals surface area contributed by atoms with Crippen LogP contribution in [0.15, 0.2) is 28.7 Å². The van der Waals surface area contributed by atoms with Gasteiger partial charge in [0.15, 0.2) is 5.69 Å². The standard InChI is InChI=1S/C18H21BrN4O2/c1-10(2)15-14(19)16(23-22-15)18(25)20-9-11-3-5-12(6-4-11)17(24)21-13-7-8-13/h3-6,10,13H,7-9H2,1-2H3,(H,20,25)(H,21,24)(H,22,23). The highest BCUT2D eigenvalue weighted by atomic mass is 79.9. The summed E-state index contributed by atoms with van der Waals surface area (Å²) in [5.74, 6) is -0.0388. The number of halogens is 1. The topological polar surface area (TPSA) is 86.9 Å². The molecule has 0 saturated heterocycles. The number of carbonyl (C=O) groups is 2. The summed E-state index contributed by atoms with van der Waals surface area (Å²) in [4.78, 5) is 24.2. The Kier molecular flexibility index (Phi) is 5.22. The Labute approximate surface area is 154 Å². The molecule has 2 aromatic rings. The molecule has 1 aromatic carbocycles. The van der Waals surface area contributed by atoms with Crippen LogP contribution < -0.4 is 10.6 Å². The van der Waals surface area contributed by atoms with E-state index in [1.54, 1.807) is 12.1 Å². The maximum absolute atomic E-state index is 12.3. The van der Waals surface area contributed by atoms with E-state index in [-0.39, 0.29) is 17.7 Å². The van der Waals surface area contributed by atoms with Crippen LogP contribution in [0.3, 0.4) is 0 Å². The quantitative estimate of drug-likeness (QED) is 0.690. The molecule has 1 fully saturated rings. The first-order chi connectivity index (χ1) is 12.0. The fourth-order valence-corrected chi connectivity index (χ4v) is 3.23. The van der Waals surface area contributed by atoms with Crippen molar-refractivity contribution in [3.63, 3.8) is 0 Å².